The fraction of sp³-hybridized carbons (Fsp3) is 0.348. The Kier molecular flexibility index (Phi) is 31.7. The quantitative estimate of drug-likeness (QED) is 0.165. The Hall–Kier alpha value is -4.61. The Morgan fingerprint density at radius 3 is 0.768 bits per heavy atom. The maximum atomic E-state index is 9.49. The molecule has 10 heteroatoms. The lowest BCUT2D eigenvalue weighted by molar-refractivity contribution is -0.895. The number of aliphatic hydroxyl groups excluding tert-OH is 2. The number of nitrogens with zero attached hydrogens (tertiary/aromatic N) is 3. The largest absolute Gasteiger partial charge is 1.00 e. The number of carbonyl (C=O) groups excluding carboxylic acids is 2. The number of rotatable bonds is 12. The zero-order valence-electron chi connectivity index (χ0n) is 35.8. The van der Waals surface area contributed by atoms with E-state index in [1.165, 1.54) is 30.5 Å². The number of benzene rings is 3. The van der Waals surface area contributed by atoms with Gasteiger partial charge in [0.05, 0.1) is 88.6 Å². The molecule has 0 aliphatic rings. The van der Waals surface area contributed by atoms with E-state index in [0.29, 0.717) is 18.1 Å². The number of likely N-dealkylation sites (N-methyl/N-ethyl adjacent to an activating group) is 3. The first kappa shape index (κ1) is 58.1. The molecule has 0 aromatic heterocycles. The van der Waals surface area contributed by atoms with Crippen molar-refractivity contribution >= 4 is 11.9 Å². The average molecular weight is 797 g/mol. The summed E-state index contributed by atoms with van der Waals surface area (Å²) in [6.07, 6.45) is 6.03. The highest BCUT2D eigenvalue weighted by Gasteiger charge is 2.23. The minimum atomic E-state index is -1.19. The van der Waals surface area contributed by atoms with Crippen LogP contribution in [0.25, 0.3) is 0 Å². The van der Waals surface area contributed by atoms with Crippen molar-refractivity contribution in [1.82, 2.24) is 0 Å². The van der Waals surface area contributed by atoms with Gasteiger partial charge in [0.15, 0.2) is 0 Å². The molecule has 0 amide bonds. The van der Waals surface area contributed by atoms with Gasteiger partial charge in [0.2, 0.25) is 0 Å². The van der Waals surface area contributed by atoms with E-state index in [4.69, 9.17) is 10.2 Å². The van der Waals surface area contributed by atoms with Crippen LogP contribution < -0.4 is 22.6 Å². The van der Waals surface area contributed by atoms with E-state index in [2.05, 4.69) is 169 Å². The molecular formula is C46H70ClN3O6. The van der Waals surface area contributed by atoms with E-state index >= 15 is 0 Å². The molecule has 56 heavy (non-hydrogen) atoms. The van der Waals surface area contributed by atoms with Crippen molar-refractivity contribution in [2.75, 3.05) is 76.6 Å². The number of hydrogen-bond acceptors (Lipinski definition) is 6. The molecule has 0 saturated heterocycles. The van der Waals surface area contributed by atoms with Crippen LogP contribution in [0.15, 0.2) is 153 Å². The monoisotopic (exact) mass is 795 g/mol. The predicted molar refractivity (Wildman–Crippen MR) is 226 cm³/mol. The molecular weight excluding hydrogens is 726 g/mol. The summed E-state index contributed by atoms with van der Waals surface area (Å²) in [4.78, 5) is 19.0. The van der Waals surface area contributed by atoms with Crippen molar-refractivity contribution in [2.24, 2.45) is 0 Å². The number of aliphatic hydroxyl groups is 2. The maximum Gasteiger partial charge on any atom is 0.133 e. The van der Waals surface area contributed by atoms with E-state index in [1.807, 2.05) is 36.4 Å². The first-order chi connectivity index (χ1) is 25.4. The van der Waals surface area contributed by atoms with Gasteiger partial charge in [-0.25, -0.2) is 0 Å². The summed E-state index contributed by atoms with van der Waals surface area (Å²) >= 11 is 0. The average Bonchev–Trinajstić information content (AvgIpc) is 3.10. The second kappa shape index (κ2) is 30.6. The number of aliphatic carboxylic acids is 2. The van der Waals surface area contributed by atoms with Gasteiger partial charge in [-0.3, -0.25) is 0 Å². The van der Waals surface area contributed by atoms with Crippen LogP contribution in [-0.2, 0) is 9.59 Å². The van der Waals surface area contributed by atoms with Crippen LogP contribution >= 0.6 is 0 Å². The first-order valence-electron chi connectivity index (χ1n) is 17.8. The summed E-state index contributed by atoms with van der Waals surface area (Å²) in [5, 5.41) is 34.2. The van der Waals surface area contributed by atoms with Crippen LogP contribution in [-0.4, -0.2) is 112 Å². The van der Waals surface area contributed by atoms with Crippen molar-refractivity contribution in [3.05, 3.63) is 170 Å². The normalized spacial score (nSPS) is 11.7. The Morgan fingerprint density at radius 2 is 0.679 bits per heavy atom. The third-order valence-electron chi connectivity index (χ3n) is 7.39. The van der Waals surface area contributed by atoms with Crippen LogP contribution in [0.3, 0.4) is 0 Å². The van der Waals surface area contributed by atoms with Gasteiger partial charge in [-0.15, -0.1) is 0 Å². The van der Waals surface area contributed by atoms with Crippen molar-refractivity contribution < 1.29 is 55.9 Å². The summed E-state index contributed by atoms with van der Waals surface area (Å²) in [5.41, 5.74) is 4.10. The van der Waals surface area contributed by atoms with Crippen LogP contribution in [0, 0.1) is 0 Å². The molecule has 3 atom stereocenters. The van der Waals surface area contributed by atoms with E-state index in [-0.39, 0.29) is 36.8 Å². The molecule has 0 heterocycles. The third kappa shape index (κ3) is 27.9. The standard InChI is InChI=1S/3C12H18N.2C4H6O2.C2H6O2.ClH/c3*1-5-12(13(2,3)4)11-9-7-6-8-10-11;2*1-3(2)4(5)6;3-1-2-4;/h3*5-10,12H,1H2,2-4H3;2*1H2,2H3,(H,5,6);3-4H,1-2H2;1H/q3*+1;;;;/p-3. The van der Waals surface area contributed by atoms with E-state index < -0.39 is 11.9 Å². The second-order valence-corrected chi connectivity index (χ2v) is 15.2. The van der Waals surface area contributed by atoms with Crippen molar-refractivity contribution in [3.8, 4) is 0 Å². The Labute approximate surface area is 345 Å². The highest BCUT2D eigenvalue weighted by atomic mass is 35.5. The van der Waals surface area contributed by atoms with Crippen molar-refractivity contribution in [3.63, 3.8) is 0 Å². The minimum Gasteiger partial charge on any atom is -1.00 e. The summed E-state index contributed by atoms with van der Waals surface area (Å²) in [7, 11) is 19.6. The predicted octanol–water partition coefficient (Wildman–Crippen LogP) is 2.46. The van der Waals surface area contributed by atoms with Gasteiger partial charge in [0.25, 0.3) is 0 Å². The summed E-state index contributed by atoms with van der Waals surface area (Å²) in [5.74, 6) is -2.37. The van der Waals surface area contributed by atoms with Crippen molar-refractivity contribution in [1.29, 1.82) is 0 Å². The molecule has 3 unspecified atom stereocenters. The molecule has 0 bridgehead atoms. The lowest BCUT2D eigenvalue weighted by Gasteiger charge is -2.32. The zero-order chi connectivity index (χ0) is 43.4. The van der Waals surface area contributed by atoms with Gasteiger partial charge in [-0.05, 0) is 43.2 Å². The maximum absolute atomic E-state index is 9.49. The molecule has 3 aromatic carbocycles. The minimum absolute atomic E-state index is 0. The number of hydrogen-bond donors (Lipinski definition) is 2. The SMILES string of the molecule is C=C(C)C(=O)[O-].C=C(C)C(=O)[O-].C=CC(c1ccccc1)[N+](C)(C)C.C=CC(c1ccccc1)[N+](C)(C)C.C=CC(c1ccccc1)[N+](C)(C)C.OCCO.[Cl-]. The Bertz CT molecular complexity index is 1350. The molecule has 0 fully saturated rings. The lowest BCUT2D eigenvalue weighted by atomic mass is 10.1. The van der Waals surface area contributed by atoms with E-state index in [9.17, 15) is 19.8 Å². The lowest BCUT2D eigenvalue weighted by Crippen LogP contribution is -3.00. The van der Waals surface area contributed by atoms with Gasteiger partial charge in [0, 0.05) is 16.7 Å². The highest BCUT2D eigenvalue weighted by molar-refractivity contribution is 5.83. The van der Waals surface area contributed by atoms with Crippen molar-refractivity contribution in [2.45, 2.75) is 32.0 Å². The fourth-order valence-corrected chi connectivity index (χ4v) is 4.65. The molecule has 0 spiro atoms. The van der Waals surface area contributed by atoms with Gasteiger partial charge in [-0.1, -0.05) is 124 Å². The second-order valence-electron chi connectivity index (χ2n) is 15.2. The van der Waals surface area contributed by atoms with Crippen LogP contribution in [0.4, 0.5) is 0 Å². The molecule has 3 rings (SSSR count). The molecule has 0 aliphatic heterocycles. The topological polar surface area (TPSA) is 121 Å². The van der Waals surface area contributed by atoms with Crippen LogP contribution in [0.2, 0.25) is 0 Å². The zero-order valence-corrected chi connectivity index (χ0v) is 36.6. The first-order valence-corrected chi connectivity index (χ1v) is 17.8. The summed E-state index contributed by atoms with van der Waals surface area (Å²) in [6, 6.07) is 32.6. The van der Waals surface area contributed by atoms with Gasteiger partial charge >= 0.3 is 0 Å². The molecule has 0 aliphatic carbocycles. The number of quaternary nitrogens is 3. The van der Waals surface area contributed by atoms with Crippen LogP contribution in [0.5, 0.6) is 0 Å². The molecule has 3 aromatic rings. The van der Waals surface area contributed by atoms with Gasteiger partial charge in [0.1, 0.15) is 18.1 Å². The molecule has 312 valence electrons. The Morgan fingerprint density at radius 1 is 0.518 bits per heavy atom. The molecule has 0 saturated carbocycles. The Balaban J connectivity index is -0.000000303. The fourth-order valence-electron chi connectivity index (χ4n) is 4.65. The molecule has 0 radical (unpaired) electrons. The number of carbonyl (C=O) groups is 2. The van der Waals surface area contributed by atoms with Gasteiger partial charge < -0.3 is 55.9 Å². The van der Waals surface area contributed by atoms with Gasteiger partial charge in [-0.2, -0.15) is 0 Å². The molecule has 2 N–H and O–H groups in total. The number of carboxylic acid groups (broad SMARTS) is 2. The third-order valence-corrected chi connectivity index (χ3v) is 7.39. The van der Waals surface area contributed by atoms with Crippen LogP contribution in [0.1, 0.15) is 48.7 Å². The smallest absolute Gasteiger partial charge is 0.133 e. The molecule has 9 nitrogen and oxygen atoms in total. The van der Waals surface area contributed by atoms with E-state index in [0.717, 1.165) is 13.4 Å². The highest BCUT2D eigenvalue weighted by Crippen LogP contribution is 2.25. The summed E-state index contributed by atoms with van der Waals surface area (Å²) < 4.78 is 2.65. The number of halogens is 1. The number of carboxylic acids is 2. The van der Waals surface area contributed by atoms with E-state index in [1.54, 1.807) is 0 Å². The summed E-state index contributed by atoms with van der Waals surface area (Å²) in [6.45, 7) is 20.4.